The van der Waals surface area contributed by atoms with Crippen molar-refractivity contribution in [2.24, 2.45) is 5.41 Å². The summed E-state index contributed by atoms with van der Waals surface area (Å²) < 4.78 is 6.39. The fraction of sp³-hybridized carbons (Fsp3) is 0.465. The van der Waals surface area contributed by atoms with Crippen LogP contribution >= 0.6 is 11.6 Å². The smallest absolute Gasteiger partial charge is 0.262 e. The van der Waals surface area contributed by atoms with Crippen LogP contribution < -0.4 is 24.8 Å². The summed E-state index contributed by atoms with van der Waals surface area (Å²) >= 11 is 6.39. The van der Waals surface area contributed by atoms with E-state index in [1.807, 2.05) is 24.3 Å². The van der Waals surface area contributed by atoms with Crippen LogP contribution in [0.5, 0.6) is 5.75 Å². The van der Waals surface area contributed by atoms with E-state index in [9.17, 15) is 19.2 Å². The number of anilines is 3. The van der Waals surface area contributed by atoms with Crippen LogP contribution in [0.4, 0.5) is 22.7 Å². The van der Waals surface area contributed by atoms with Gasteiger partial charge in [-0.05, 0) is 105 Å². The quantitative estimate of drug-likeness (QED) is 0.232. The first-order valence-corrected chi connectivity index (χ1v) is 20.3. The SMILES string of the molecule is [C-]#[N+]c1ccc(N2CC3(CCN(c4ccc(OC5CN(C6CCN(c7ccc8c(c7)C(=O)N(C7CCC(=O)NC7=O)C8=O)CC6)C5)cc4)CC3)C[C@@H]2C)cc1Cl. The topological polar surface area (TPSA) is 110 Å². The number of ether oxygens (including phenoxy) is 1. The number of halogens is 1. The number of nitrogens with zero attached hydrogens (tertiary/aromatic N) is 6. The minimum absolute atomic E-state index is 0.0999. The number of nitrogens with one attached hydrogen (secondary N) is 1. The number of fused-ring (bicyclic) bond motifs is 1. The Morgan fingerprint density at radius 1 is 0.821 bits per heavy atom. The van der Waals surface area contributed by atoms with Crippen LogP contribution in [-0.2, 0) is 9.59 Å². The van der Waals surface area contributed by atoms with Gasteiger partial charge >= 0.3 is 0 Å². The van der Waals surface area contributed by atoms with E-state index in [4.69, 9.17) is 22.9 Å². The van der Waals surface area contributed by atoms with Gasteiger partial charge in [0.1, 0.15) is 17.9 Å². The average Bonchev–Trinajstić information content (AvgIpc) is 3.64. The molecule has 4 amide bonds. The van der Waals surface area contributed by atoms with E-state index in [1.165, 1.54) is 12.1 Å². The molecule has 9 rings (SSSR count). The number of hydrogen-bond donors (Lipinski definition) is 1. The predicted molar refractivity (Wildman–Crippen MR) is 214 cm³/mol. The van der Waals surface area contributed by atoms with Gasteiger partial charge in [0.05, 0.1) is 17.7 Å². The highest BCUT2D eigenvalue weighted by atomic mass is 35.5. The Balaban J connectivity index is 0.724. The van der Waals surface area contributed by atoms with Crippen LogP contribution in [0.25, 0.3) is 4.85 Å². The maximum atomic E-state index is 13.3. The van der Waals surface area contributed by atoms with Gasteiger partial charge in [0, 0.05) is 86.4 Å². The van der Waals surface area contributed by atoms with Crippen LogP contribution in [0, 0.1) is 12.0 Å². The average molecular weight is 776 g/mol. The Morgan fingerprint density at radius 2 is 1.50 bits per heavy atom. The molecule has 6 aliphatic heterocycles. The molecule has 0 saturated carbocycles. The predicted octanol–water partition coefficient (Wildman–Crippen LogP) is 5.91. The molecule has 0 aromatic heterocycles. The second kappa shape index (κ2) is 14.4. The number of carbonyl (C=O) groups excluding carboxylic acids is 4. The molecule has 5 fully saturated rings. The van der Waals surface area contributed by atoms with Gasteiger partial charge in [0.2, 0.25) is 17.5 Å². The molecule has 290 valence electrons. The molecule has 13 heteroatoms. The van der Waals surface area contributed by atoms with Gasteiger partial charge in [-0.15, -0.1) is 0 Å². The van der Waals surface area contributed by atoms with E-state index in [-0.39, 0.29) is 24.9 Å². The van der Waals surface area contributed by atoms with Crippen molar-refractivity contribution in [2.75, 3.05) is 60.5 Å². The molecule has 56 heavy (non-hydrogen) atoms. The summed E-state index contributed by atoms with van der Waals surface area (Å²) in [5.41, 5.74) is 4.67. The lowest BCUT2D eigenvalue weighted by atomic mass is 9.76. The molecule has 1 N–H and O–H groups in total. The third kappa shape index (κ3) is 6.64. The van der Waals surface area contributed by atoms with Gasteiger partial charge in [-0.2, -0.15) is 0 Å². The molecule has 1 spiro atoms. The molecule has 5 saturated heterocycles. The number of benzene rings is 3. The minimum atomic E-state index is -0.963. The number of piperidine rings is 3. The maximum Gasteiger partial charge on any atom is 0.262 e. The first-order valence-electron chi connectivity index (χ1n) is 19.9. The molecule has 1 unspecified atom stereocenters. The van der Waals surface area contributed by atoms with Crippen LogP contribution in [0.2, 0.25) is 5.02 Å². The molecule has 6 aliphatic rings. The van der Waals surface area contributed by atoms with Crippen molar-refractivity contribution in [1.29, 1.82) is 0 Å². The fourth-order valence-electron chi connectivity index (χ4n) is 9.95. The normalized spacial score (nSPS) is 24.4. The van der Waals surface area contributed by atoms with Crippen LogP contribution in [-0.4, -0.2) is 103 Å². The van der Waals surface area contributed by atoms with Crippen molar-refractivity contribution in [1.82, 2.24) is 15.1 Å². The summed E-state index contributed by atoms with van der Waals surface area (Å²) in [5, 5.41) is 2.78. The Labute approximate surface area is 332 Å². The number of amides is 4. The van der Waals surface area contributed by atoms with Gasteiger partial charge < -0.3 is 19.4 Å². The summed E-state index contributed by atoms with van der Waals surface area (Å²) in [6.45, 7) is 16.2. The van der Waals surface area contributed by atoms with E-state index in [0.29, 0.717) is 39.3 Å². The van der Waals surface area contributed by atoms with E-state index < -0.39 is 23.8 Å². The molecule has 0 radical (unpaired) electrons. The van der Waals surface area contributed by atoms with Crippen molar-refractivity contribution < 1.29 is 23.9 Å². The Bertz CT molecular complexity index is 2110. The van der Waals surface area contributed by atoms with E-state index in [0.717, 1.165) is 93.5 Å². The fourth-order valence-corrected chi connectivity index (χ4v) is 10.2. The highest BCUT2D eigenvalue weighted by molar-refractivity contribution is 6.33. The number of imide groups is 2. The minimum Gasteiger partial charge on any atom is -0.488 e. The molecular formula is C43H46ClN7O5. The number of rotatable bonds is 7. The lowest BCUT2D eigenvalue weighted by Gasteiger charge is -2.47. The molecule has 0 bridgehead atoms. The molecule has 0 aliphatic carbocycles. The molecule has 2 atom stereocenters. The maximum absolute atomic E-state index is 13.3. The van der Waals surface area contributed by atoms with Crippen LogP contribution in [0.3, 0.4) is 0 Å². The highest BCUT2D eigenvalue weighted by Crippen LogP contribution is 2.46. The zero-order valence-electron chi connectivity index (χ0n) is 31.6. The van der Waals surface area contributed by atoms with Gasteiger partial charge in [-0.1, -0.05) is 17.7 Å². The monoisotopic (exact) mass is 775 g/mol. The molecule has 3 aromatic carbocycles. The lowest BCUT2D eigenvalue weighted by Crippen LogP contribution is -2.59. The third-order valence-corrected chi connectivity index (χ3v) is 13.4. The Kier molecular flexibility index (Phi) is 9.41. The second-order valence-corrected chi connectivity index (χ2v) is 16.9. The summed E-state index contributed by atoms with van der Waals surface area (Å²) in [4.78, 5) is 64.7. The number of likely N-dealkylation sites (tertiary alicyclic amines) is 1. The van der Waals surface area contributed by atoms with E-state index in [2.05, 4.69) is 61.0 Å². The van der Waals surface area contributed by atoms with Crippen molar-refractivity contribution in [3.05, 3.63) is 88.2 Å². The van der Waals surface area contributed by atoms with Gasteiger partial charge in [-0.25, -0.2) is 4.85 Å². The first kappa shape index (κ1) is 36.5. The van der Waals surface area contributed by atoms with E-state index in [1.54, 1.807) is 12.1 Å². The Hall–Kier alpha value is -5.12. The van der Waals surface area contributed by atoms with Crippen molar-refractivity contribution in [2.45, 2.75) is 76.1 Å². The van der Waals surface area contributed by atoms with Gasteiger partial charge in [-0.3, -0.25) is 34.3 Å². The van der Waals surface area contributed by atoms with Crippen LogP contribution in [0.1, 0.15) is 72.6 Å². The lowest BCUT2D eigenvalue weighted by molar-refractivity contribution is -0.136. The van der Waals surface area contributed by atoms with E-state index >= 15 is 0 Å². The number of carbonyl (C=O) groups is 4. The van der Waals surface area contributed by atoms with Crippen molar-refractivity contribution >= 4 is 58.0 Å². The van der Waals surface area contributed by atoms with Crippen molar-refractivity contribution in [3.63, 3.8) is 0 Å². The summed E-state index contributed by atoms with van der Waals surface area (Å²) in [6, 6.07) is 19.7. The first-order chi connectivity index (χ1) is 27.1. The highest BCUT2D eigenvalue weighted by Gasteiger charge is 2.46. The third-order valence-electron chi connectivity index (χ3n) is 13.1. The summed E-state index contributed by atoms with van der Waals surface area (Å²) in [5.74, 6) is -1.03. The van der Waals surface area contributed by atoms with Crippen molar-refractivity contribution in [3.8, 4) is 5.75 Å². The van der Waals surface area contributed by atoms with Crippen LogP contribution in [0.15, 0.2) is 60.7 Å². The van der Waals surface area contributed by atoms with Gasteiger partial charge in [0.15, 0.2) is 0 Å². The standard InChI is InChI=1S/C43H46ClN7O5/c1-27-23-43(26-50(27)31-6-10-37(45-2)36(44)22-31)15-19-48(20-16-43)28-3-7-32(8-4-28)56-33-24-49(25-33)29-13-17-47(18-14-29)30-5-9-34-35(21-30)42(55)51(41(34)54)38-11-12-39(52)46-40(38)53/h3-10,21-22,27,29,33,38H,11-20,23-26H2,1H3,(H,46,52,53)/t27-,38?/m0/s1. The molecular weight excluding hydrogens is 730 g/mol. The number of hydrogen-bond acceptors (Lipinski definition) is 9. The Morgan fingerprint density at radius 3 is 2.20 bits per heavy atom. The second-order valence-electron chi connectivity index (χ2n) is 16.5. The zero-order chi connectivity index (χ0) is 38.7. The molecule has 3 aromatic rings. The summed E-state index contributed by atoms with van der Waals surface area (Å²) in [7, 11) is 0. The van der Waals surface area contributed by atoms with Gasteiger partial charge in [0.25, 0.3) is 11.8 Å². The largest absolute Gasteiger partial charge is 0.488 e. The molecule has 6 heterocycles. The molecule has 12 nitrogen and oxygen atoms in total. The summed E-state index contributed by atoms with van der Waals surface area (Å²) in [6.07, 6.45) is 5.86. The zero-order valence-corrected chi connectivity index (χ0v) is 32.3.